The molecule has 0 unspecified atom stereocenters. The second-order valence-corrected chi connectivity index (χ2v) is 5.92. The summed E-state index contributed by atoms with van der Waals surface area (Å²) in [5, 5.41) is 1.20. The lowest BCUT2D eigenvalue weighted by Crippen LogP contribution is -1.88. The van der Waals surface area contributed by atoms with Crippen LogP contribution < -0.4 is 4.74 Å². The highest BCUT2D eigenvalue weighted by Gasteiger charge is 2.11. The maximum absolute atomic E-state index is 5.53. The van der Waals surface area contributed by atoms with E-state index < -0.39 is 0 Å². The number of methoxy groups -OCH3 is 1. The topological polar surface area (TPSA) is 53.2 Å². The van der Waals surface area contributed by atoms with Crippen molar-refractivity contribution in [1.82, 2.24) is 9.97 Å². The molecule has 2 aromatic heterocycles. The Morgan fingerprint density at radius 1 is 1.08 bits per heavy atom. The van der Waals surface area contributed by atoms with Crippen molar-refractivity contribution in [2.75, 3.05) is 7.11 Å². The quantitative estimate of drug-likeness (QED) is 0.724. The average Bonchev–Trinajstić information content (AvgIpc) is 3.29. The van der Waals surface area contributed by atoms with Crippen molar-refractivity contribution in [2.45, 2.75) is 13.3 Å². The summed E-state index contributed by atoms with van der Waals surface area (Å²) in [6, 6.07) is 12.5. The van der Waals surface area contributed by atoms with Gasteiger partial charge in [-0.15, -0.1) is 0 Å². The van der Waals surface area contributed by atoms with E-state index in [1.54, 1.807) is 7.11 Å². The SMILES string of the molecule is COc1cc(-c2cc3ccccc3[nH]2)[nH]c1CC=C1C=CC(C)=N1. The number of rotatable bonds is 4. The van der Waals surface area contributed by atoms with Crippen LogP contribution in [-0.4, -0.2) is 22.8 Å². The summed E-state index contributed by atoms with van der Waals surface area (Å²) in [7, 11) is 1.70. The van der Waals surface area contributed by atoms with Crippen molar-refractivity contribution >= 4 is 16.6 Å². The van der Waals surface area contributed by atoms with Crippen LogP contribution >= 0.6 is 0 Å². The first-order chi connectivity index (χ1) is 11.7. The van der Waals surface area contributed by atoms with Crippen LogP contribution in [0.2, 0.25) is 0 Å². The summed E-state index contributed by atoms with van der Waals surface area (Å²) in [4.78, 5) is 11.4. The number of benzene rings is 1. The van der Waals surface area contributed by atoms with Crippen molar-refractivity contribution in [3.63, 3.8) is 0 Å². The smallest absolute Gasteiger partial charge is 0.140 e. The van der Waals surface area contributed by atoms with Crippen molar-refractivity contribution in [2.24, 2.45) is 4.99 Å². The van der Waals surface area contributed by atoms with Crippen molar-refractivity contribution in [3.8, 4) is 17.1 Å². The molecule has 1 aromatic carbocycles. The number of ether oxygens (including phenoxy) is 1. The van der Waals surface area contributed by atoms with Gasteiger partial charge >= 0.3 is 0 Å². The standard InChI is InChI=1S/C20H19N3O/c1-13-7-8-15(21-13)9-10-17-20(24-2)12-19(23-17)18-11-14-5-3-4-6-16(14)22-18/h3-9,11-12,22-23H,10H2,1-2H3. The molecule has 0 fully saturated rings. The minimum atomic E-state index is 0.750. The Balaban J connectivity index is 1.66. The number of nitrogens with one attached hydrogen (secondary N) is 2. The third kappa shape index (κ3) is 2.67. The Bertz CT molecular complexity index is 952. The van der Waals surface area contributed by atoms with Gasteiger partial charge in [0.2, 0.25) is 0 Å². The number of H-pyrrole nitrogens is 2. The number of hydrogen-bond acceptors (Lipinski definition) is 2. The molecule has 0 aliphatic carbocycles. The summed E-state index contributed by atoms with van der Waals surface area (Å²) in [6.45, 7) is 2.00. The predicted molar refractivity (Wildman–Crippen MR) is 98.7 cm³/mol. The number of aromatic nitrogens is 2. The lowest BCUT2D eigenvalue weighted by atomic mass is 10.2. The van der Waals surface area contributed by atoms with E-state index in [1.807, 2.05) is 37.3 Å². The summed E-state index contributed by atoms with van der Waals surface area (Å²) >= 11 is 0. The van der Waals surface area contributed by atoms with E-state index in [-0.39, 0.29) is 0 Å². The van der Waals surface area contributed by atoms with E-state index in [1.165, 1.54) is 5.39 Å². The molecule has 24 heavy (non-hydrogen) atoms. The number of nitrogens with zero attached hydrogens (tertiary/aromatic N) is 1. The van der Waals surface area contributed by atoms with Crippen molar-refractivity contribution in [3.05, 3.63) is 66.0 Å². The third-order valence-corrected chi connectivity index (χ3v) is 4.21. The van der Waals surface area contributed by atoms with Crippen LogP contribution in [0.4, 0.5) is 0 Å². The molecular weight excluding hydrogens is 298 g/mol. The Hall–Kier alpha value is -3.01. The van der Waals surface area contributed by atoms with E-state index in [4.69, 9.17) is 4.74 Å². The summed E-state index contributed by atoms with van der Waals surface area (Å²) < 4.78 is 5.53. The van der Waals surface area contributed by atoms with Crippen LogP contribution in [0, 0.1) is 0 Å². The number of aliphatic imine (C=N–C) groups is 1. The lowest BCUT2D eigenvalue weighted by Gasteiger charge is -1.99. The lowest BCUT2D eigenvalue weighted by molar-refractivity contribution is 0.411. The van der Waals surface area contributed by atoms with Crippen LogP contribution in [0.3, 0.4) is 0 Å². The largest absolute Gasteiger partial charge is 0.495 e. The normalized spacial score (nSPS) is 15.4. The number of hydrogen-bond donors (Lipinski definition) is 2. The average molecular weight is 317 g/mol. The molecule has 3 heterocycles. The van der Waals surface area contributed by atoms with Gasteiger partial charge in [-0.1, -0.05) is 24.3 Å². The molecule has 0 spiro atoms. The Morgan fingerprint density at radius 3 is 2.67 bits per heavy atom. The zero-order chi connectivity index (χ0) is 16.5. The summed E-state index contributed by atoms with van der Waals surface area (Å²) in [5.41, 5.74) is 6.30. The van der Waals surface area contributed by atoms with Gasteiger partial charge in [0, 0.05) is 29.1 Å². The molecule has 4 rings (SSSR count). The van der Waals surface area contributed by atoms with Gasteiger partial charge < -0.3 is 14.7 Å². The number of allylic oxidation sites excluding steroid dienone is 3. The van der Waals surface area contributed by atoms with E-state index >= 15 is 0 Å². The van der Waals surface area contributed by atoms with Gasteiger partial charge in [-0.2, -0.15) is 0 Å². The van der Waals surface area contributed by atoms with Crippen LogP contribution in [0.15, 0.2) is 65.3 Å². The molecule has 3 aromatic rings. The zero-order valence-corrected chi connectivity index (χ0v) is 13.8. The highest BCUT2D eigenvalue weighted by molar-refractivity contribution is 5.96. The Labute approximate surface area is 140 Å². The summed E-state index contributed by atoms with van der Waals surface area (Å²) in [6.07, 6.45) is 6.91. The Morgan fingerprint density at radius 2 is 1.92 bits per heavy atom. The van der Waals surface area contributed by atoms with E-state index in [0.717, 1.165) is 46.2 Å². The molecule has 120 valence electrons. The fourth-order valence-corrected chi connectivity index (χ4v) is 2.98. The molecule has 0 saturated heterocycles. The minimum Gasteiger partial charge on any atom is -0.495 e. The molecule has 0 bridgehead atoms. The maximum atomic E-state index is 5.53. The highest BCUT2D eigenvalue weighted by Crippen LogP contribution is 2.29. The first-order valence-corrected chi connectivity index (χ1v) is 8.00. The molecule has 4 nitrogen and oxygen atoms in total. The van der Waals surface area contributed by atoms with Gasteiger partial charge in [0.05, 0.1) is 29.9 Å². The fraction of sp³-hybridized carbons (Fsp3) is 0.150. The fourth-order valence-electron chi connectivity index (χ4n) is 2.98. The molecule has 0 amide bonds. The first kappa shape index (κ1) is 14.6. The molecule has 4 heteroatoms. The second-order valence-electron chi connectivity index (χ2n) is 5.92. The second kappa shape index (κ2) is 5.89. The minimum absolute atomic E-state index is 0.750. The molecule has 0 saturated carbocycles. The van der Waals surface area contributed by atoms with Crippen LogP contribution in [0.25, 0.3) is 22.3 Å². The molecule has 1 aliphatic rings. The van der Waals surface area contributed by atoms with Gasteiger partial charge in [-0.25, -0.2) is 0 Å². The van der Waals surface area contributed by atoms with Crippen LogP contribution in [0.5, 0.6) is 5.75 Å². The monoisotopic (exact) mass is 317 g/mol. The zero-order valence-electron chi connectivity index (χ0n) is 13.8. The van der Waals surface area contributed by atoms with Gasteiger partial charge in [-0.3, -0.25) is 4.99 Å². The van der Waals surface area contributed by atoms with E-state index in [9.17, 15) is 0 Å². The molecule has 2 N–H and O–H groups in total. The van der Waals surface area contributed by atoms with Crippen molar-refractivity contribution in [1.29, 1.82) is 0 Å². The molecule has 0 atom stereocenters. The predicted octanol–water partition coefficient (Wildman–Crippen LogP) is 4.63. The van der Waals surface area contributed by atoms with Crippen molar-refractivity contribution < 1.29 is 4.74 Å². The maximum Gasteiger partial charge on any atom is 0.140 e. The molecule has 0 radical (unpaired) electrons. The van der Waals surface area contributed by atoms with Gasteiger partial charge in [0.25, 0.3) is 0 Å². The van der Waals surface area contributed by atoms with Gasteiger partial charge in [-0.05, 0) is 31.2 Å². The van der Waals surface area contributed by atoms with Gasteiger partial charge in [0.1, 0.15) is 5.75 Å². The highest BCUT2D eigenvalue weighted by atomic mass is 16.5. The number of fused-ring (bicyclic) bond motifs is 1. The summed E-state index contributed by atoms with van der Waals surface area (Å²) in [5.74, 6) is 0.864. The van der Waals surface area contributed by atoms with E-state index in [0.29, 0.717) is 0 Å². The van der Waals surface area contributed by atoms with Crippen LogP contribution in [-0.2, 0) is 6.42 Å². The Kier molecular flexibility index (Phi) is 3.58. The third-order valence-electron chi connectivity index (χ3n) is 4.21. The number of aromatic amines is 2. The first-order valence-electron chi connectivity index (χ1n) is 8.00. The van der Waals surface area contributed by atoms with Gasteiger partial charge in [0.15, 0.2) is 0 Å². The van der Waals surface area contributed by atoms with E-state index in [2.05, 4.69) is 39.2 Å². The number of para-hydroxylation sites is 1. The van der Waals surface area contributed by atoms with Crippen LogP contribution in [0.1, 0.15) is 12.6 Å². The molecule has 1 aliphatic heterocycles. The molecular formula is C20H19N3O.